The van der Waals surface area contributed by atoms with E-state index in [9.17, 15) is 4.79 Å². The van der Waals surface area contributed by atoms with Crippen molar-refractivity contribution in [3.63, 3.8) is 0 Å². The Morgan fingerprint density at radius 1 is 1.47 bits per heavy atom. The monoisotopic (exact) mass is 213 g/mol. The van der Waals surface area contributed by atoms with Crippen LogP contribution in [0, 0.1) is 11.8 Å². The molecule has 88 valence electrons. The van der Waals surface area contributed by atoms with Gasteiger partial charge in [0.25, 0.3) is 0 Å². The van der Waals surface area contributed by atoms with Gasteiger partial charge in [0.1, 0.15) is 0 Å². The fourth-order valence-corrected chi connectivity index (χ4v) is 2.19. The summed E-state index contributed by atoms with van der Waals surface area (Å²) in [6.07, 6.45) is 2.93. The molecule has 2 N–H and O–H groups in total. The van der Waals surface area contributed by atoms with Crippen molar-refractivity contribution in [2.75, 3.05) is 0 Å². The van der Waals surface area contributed by atoms with Crippen molar-refractivity contribution in [2.45, 2.75) is 58.6 Å². The molecule has 4 atom stereocenters. The number of aliphatic hydroxyl groups excluding tert-OH is 1. The lowest BCUT2D eigenvalue weighted by atomic mass is 9.97. The van der Waals surface area contributed by atoms with Crippen molar-refractivity contribution in [1.82, 2.24) is 5.32 Å². The highest BCUT2D eigenvalue weighted by Gasteiger charge is 2.30. The second-order valence-electron chi connectivity index (χ2n) is 4.98. The first kappa shape index (κ1) is 12.5. The zero-order chi connectivity index (χ0) is 11.4. The molecule has 1 saturated carbocycles. The van der Waals surface area contributed by atoms with E-state index < -0.39 is 0 Å². The van der Waals surface area contributed by atoms with Gasteiger partial charge in [-0.25, -0.2) is 0 Å². The highest BCUT2D eigenvalue weighted by molar-refractivity contribution is 5.76. The summed E-state index contributed by atoms with van der Waals surface area (Å²) in [5, 5.41) is 12.1. The van der Waals surface area contributed by atoms with Crippen molar-refractivity contribution in [1.29, 1.82) is 0 Å². The summed E-state index contributed by atoms with van der Waals surface area (Å²) in [4.78, 5) is 11.5. The molecule has 1 aliphatic rings. The maximum absolute atomic E-state index is 11.5. The maximum atomic E-state index is 11.5. The molecule has 0 radical (unpaired) electrons. The first-order chi connectivity index (χ1) is 7.00. The number of hydrogen-bond donors (Lipinski definition) is 2. The lowest BCUT2D eigenvalue weighted by Crippen LogP contribution is -2.37. The zero-order valence-corrected chi connectivity index (χ0v) is 9.99. The predicted octanol–water partition coefficient (Wildman–Crippen LogP) is 1.70. The molecular formula is C12H23NO2. The van der Waals surface area contributed by atoms with Crippen molar-refractivity contribution in [2.24, 2.45) is 11.8 Å². The van der Waals surface area contributed by atoms with E-state index in [0.717, 1.165) is 6.42 Å². The Kier molecular flexibility index (Phi) is 4.58. The highest BCUT2D eigenvalue weighted by Crippen LogP contribution is 2.31. The molecular weight excluding hydrogens is 190 g/mol. The molecule has 0 saturated heterocycles. The van der Waals surface area contributed by atoms with E-state index in [2.05, 4.69) is 19.2 Å². The van der Waals surface area contributed by atoms with Crippen LogP contribution in [-0.2, 0) is 4.79 Å². The SMILES string of the molecule is CC(O)CCC(=O)NC1CCC(C)C1C. The van der Waals surface area contributed by atoms with Crippen molar-refractivity contribution >= 4 is 5.91 Å². The average molecular weight is 213 g/mol. The Morgan fingerprint density at radius 2 is 2.13 bits per heavy atom. The summed E-state index contributed by atoms with van der Waals surface area (Å²) in [5.41, 5.74) is 0. The van der Waals surface area contributed by atoms with Crippen LogP contribution in [0.15, 0.2) is 0 Å². The molecule has 3 heteroatoms. The summed E-state index contributed by atoms with van der Waals surface area (Å²) >= 11 is 0. The third-order valence-electron chi connectivity index (χ3n) is 3.60. The number of aliphatic hydroxyl groups is 1. The molecule has 0 spiro atoms. The van der Waals surface area contributed by atoms with Gasteiger partial charge in [-0.2, -0.15) is 0 Å². The molecule has 1 aliphatic carbocycles. The van der Waals surface area contributed by atoms with E-state index in [4.69, 9.17) is 5.11 Å². The maximum Gasteiger partial charge on any atom is 0.220 e. The standard InChI is InChI=1S/C12H23NO2/c1-8-4-6-11(10(8)3)13-12(15)7-5-9(2)14/h8-11,14H,4-7H2,1-3H3,(H,13,15). The van der Waals surface area contributed by atoms with Crippen LogP contribution in [0.5, 0.6) is 0 Å². The normalized spacial score (nSPS) is 32.7. The van der Waals surface area contributed by atoms with Gasteiger partial charge in [-0.05, 0) is 38.0 Å². The fourth-order valence-electron chi connectivity index (χ4n) is 2.19. The second-order valence-corrected chi connectivity index (χ2v) is 4.98. The van der Waals surface area contributed by atoms with Crippen LogP contribution in [0.1, 0.15) is 46.5 Å². The molecule has 0 aliphatic heterocycles. The van der Waals surface area contributed by atoms with Crippen LogP contribution in [0.4, 0.5) is 0 Å². The molecule has 4 unspecified atom stereocenters. The van der Waals surface area contributed by atoms with E-state index in [1.165, 1.54) is 6.42 Å². The second kappa shape index (κ2) is 5.50. The van der Waals surface area contributed by atoms with Gasteiger partial charge in [0, 0.05) is 12.5 Å². The number of amides is 1. The molecule has 3 nitrogen and oxygen atoms in total. The molecule has 0 aromatic heterocycles. The summed E-state index contributed by atoms with van der Waals surface area (Å²) in [6.45, 7) is 6.16. The number of rotatable bonds is 4. The lowest BCUT2D eigenvalue weighted by Gasteiger charge is -2.19. The van der Waals surface area contributed by atoms with Crippen LogP contribution in [0.2, 0.25) is 0 Å². The van der Waals surface area contributed by atoms with Gasteiger partial charge >= 0.3 is 0 Å². The van der Waals surface area contributed by atoms with Gasteiger partial charge in [-0.3, -0.25) is 4.79 Å². The van der Waals surface area contributed by atoms with Crippen LogP contribution in [-0.4, -0.2) is 23.2 Å². The molecule has 1 fully saturated rings. The van der Waals surface area contributed by atoms with E-state index in [0.29, 0.717) is 30.7 Å². The van der Waals surface area contributed by atoms with Gasteiger partial charge in [-0.1, -0.05) is 13.8 Å². The van der Waals surface area contributed by atoms with Gasteiger partial charge in [0.15, 0.2) is 0 Å². The molecule has 0 bridgehead atoms. The first-order valence-corrected chi connectivity index (χ1v) is 5.98. The smallest absolute Gasteiger partial charge is 0.220 e. The molecule has 1 rings (SSSR count). The Balaban J connectivity index is 2.26. The number of carbonyl (C=O) groups excluding carboxylic acids is 1. The minimum absolute atomic E-state index is 0.0850. The summed E-state index contributed by atoms with van der Waals surface area (Å²) < 4.78 is 0. The molecule has 0 heterocycles. The van der Waals surface area contributed by atoms with Gasteiger partial charge in [0.05, 0.1) is 6.10 Å². The van der Waals surface area contributed by atoms with E-state index >= 15 is 0 Å². The van der Waals surface area contributed by atoms with Crippen molar-refractivity contribution < 1.29 is 9.90 Å². The predicted molar refractivity (Wildman–Crippen MR) is 60.4 cm³/mol. The Morgan fingerprint density at radius 3 is 2.60 bits per heavy atom. The lowest BCUT2D eigenvalue weighted by molar-refractivity contribution is -0.122. The molecule has 0 aromatic carbocycles. The minimum atomic E-state index is -0.379. The summed E-state index contributed by atoms with van der Waals surface area (Å²) in [5.74, 6) is 1.38. The zero-order valence-electron chi connectivity index (χ0n) is 9.99. The van der Waals surface area contributed by atoms with Crippen LogP contribution < -0.4 is 5.32 Å². The van der Waals surface area contributed by atoms with Crippen LogP contribution >= 0.6 is 0 Å². The van der Waals surface area contributed by atoms with Crippen molar-refractivity contribution in [3.05, 3.63) is 0 Å². The van der Waals surface area contributed by atoms with Crippen LogP contribution in [0.3, 0.4) is 0 Å². The minimum Gasteiger partial charge on any atom is -0.393 e. The number of carbonyl (C=O) groups is 1. The van der Waals surface area contributed by atoms with Gasteiger partial charge < -0.3 is 10.4 Å². The first-order valence-electron chi connectivity index (χ1n) is 5.98. The molecule has 0 aromatic rings. The summed E-state index contributed by atoms with van der Waals surface area (Å²) in [6, 6.07) is 0.349. The molecule has 15 heavy (non-hydrogen) atoms. The largest absolute Gasteiger partial charge is 0.393 e. The Bertz CT molecular complexity index is 216. The fraction of sp³-hybridized carbons (Fsp3) is 0.917. The van der Waals surface area contributed by atoms with E-state index in [1.54, 1.807) is 6.92 Å². The molecule has 1 amide bonds. The van der Waals surface area contributed by atoms with Crippen LogP contribution in [0.25, 0.3) is 0 Å². The van der Waals surface area contributed by atoms with E-state index in [1.807, 2.05) is 0 Å². The quantitative estimate of drug-likeness (QED) is 0.746. The van der Waals surface area contributed by atoms with Gasteiger partial charge in [0.2, 0.25) is 5.91 Å². The summed E-state index contributed by atoms with van der Waals surface area (Å²) in [7, 11) is 0. The Hall–Kier alpha value is -0.570. The highest BCUT2D eigenvalue weighted by atomic mass is 16.3. The Labute approximate surface area is 92.3 Å². The van der Waals surface area contributed by atoms with Crippen molar-refractivity contribution in [3.8, 4) is 0 Å². The van der Waals surface area contributed by atoms with E-state index in [-0.39, 0.29) is 12.0 Å². The third kappa shape index (κ3) is 3.82. The number of nitrogens with one attached hydrogen (secondary N) is 1. The third-order valence-corrected chi connectivity index (χ3v) is 3.60. The van der Waals surface area contributed by atoms with Gasteiger partial charge in [-0.15, -0.1) is 0 Å². The topological polar surface area (TPSA) is 49.3 Å². The average Bonchev–Trinajstić information content (AvgIpc) is 2.47. The number of hydrogen-bond acceptors (Lipinski definition) is 2.